The fourth-order valence-electron chi connectivity index (χ4n) is 2.35. The normalized spacial score (nSPS) is 9.90. The van der Waals surface area contributed by atoms with Gasteiger partial charge in [-0.1, -0.05) is 18.2 Å². The maximum absolute atomic E-state index is 11.6. The molecular formula is C17H18O4. The minimum Gasteiger partial charge on any atom is -0.478 e. The Morgan fingerprint density at radius 3 is 1.86 bits per heavy atom. The van der Waals surface area contributed by atoms with Gasteiger partial charge in [-0.2, -0.15) is 0 Å². The summed E-state index contributed by atoms with van der Waals surface area (Å²) >= 11 is 0. The van der Waals surface area contributed by atoms with Crippen LogP contribution < -0.4 is 0 Å². The molecule has 2 N–H and O–H groups in total. The van der Waals surface area contributed by atoms with Crippen molar-refractivity contribution in [3.05, 3.63) is 71.8 Å². The predicted molar refractivity (Wildman–Crippen MR) is 82.1 cm³/mol. The first-order chi connectivity index (χ1) is 9.97. The van der Waals surface area contributed by atoms with E-state index in [4.69, 9.17) is 0 Å². The third kappa shape index (κ3) is 3.48. The van der Waals surface area contributed by atoms with E-state index in [2.05, 4.69) is 19.7 Å². The molecule has 1 rings (SSSR count). The highest BCUT2D eigenvalue weighted by atomic mass is 16.4. The zero-order valence-electron chi connectivity index (χ0n) is 11.8. The van der Waals surface area contributed by atoms with Crippen LogP contribution in [0, 0.1) is 0 Å². The van der Waals surface area contributed by atoms with E-state index >= 15 is 0 Å². The first-order valence-corrected chi connectivity index (χ1v) is 6.44. The molecule has 0 saturated carbocycles. The molecule has 1 aromatic carbocycles. The molecule has 0 aromatic heterocycles. The van der Waals surface area contributed by atoms with E-state index in [1.54, 1.807) is 12.2 Å². The summed E-state index contributed by atoms with van der Waals surface area (Å²) < 4.78 is 0. The number of hydrogen-bond acceptors (Lipinski definition) is 2. The number of benzene rings is 1. The lowest BCUT2D eigenvalue weighted by molar-refractivity contribution is 0.0694. The van der Waals surface area contributed by atoms with Gasteiger partial charge in [0.2, 0.25) is 0 Å². The zero-order chi connectivity index (χ0) is 16.0. The number of rotatable bonds is 8. The van der Waals surface area contributed by atoms with Crippen molar-refractivity contribution in [2.75, 3.05) is 0 Å². The van der Waals surface area contributed by atoms with Crippen molar-refractivity contribution >= 4 is 11.9 Å². The Bertz CT molecular complexity index is 612. The smallest absolute Gasteiger partial charge is 0.336 e. The molecule has 110 valence electrons. The molecule has 0 saturated heterocycles. The Morgan fingerprint density at radius 1 is 0.905 bits per heavy atom. The second kappa shape index (κ2) is 7.24. The Kier molecular flexibility index (Phi) is 5.67. The van der Waals surface area contributed by atoms with Crippen LogP contribution in [0.15, 0.2) is 44.0 Å². The van der Waals surface area contributed by atoms with Crippen molar-refractivity contribution in [2.45, 2.75) is 19.3 Å². The van der Waals surface area contributed by atoms with Gasteiger partial charge in [0, 0.05) is 0 Å². The number of allylic oxidation sites excluding steroid dienone is 3. The van der Waals surface area contributed by atoms with Crippen LogP contribution in [0.5, 0.6) is 0 Å². The Balaban J connectivity index is 3.81. The van der Waals surface area contributed by atoms with Crippen LogP contribution in [0.3, 0.4) is 0 Å². The quantitative estimate of drug-likeness (QED) is 0.719. The first kappa shape index (κ1) is 16.4. The Hall–Kier alpha value is -2.62. The van der Waals surface area contributed by atoms with Gasteiger partial charge < -0.3 is 10.2 Å². The lowest BCUT2D eigenvalue weighted by atomic mass is 9.87. The Labute approximate surface area is 123 Å². The molecule has 0 aliphatic carbocycles. The molecule has 0 spiro atoms. The number of carboxylic acid groups (broad SMARTS) is 2. The number of aromatic carboxylic acids is 2. The molecule has 0 amide bonds. The van der Waals surface area contributed by atoms with Crippen molar-refractivity contribution in [1.29, 1.82) is 0 Å². The molecule has 0 atom stereocenters. The van der Waals surface area contributed by atoms with Crippen molar-refractivity contribution in [1.82, 2.24) is 0 Å². The largest absolute Gasteiger partial charge is 0.478 e. The highest BCUT2D eigenvalue weighted by Crippen LogP contribution is 2.26. The van der Waals surface area contributed by atoms with Crippen LogP contribution >= 0.6 is 0 Å². The monoisotopic (exact) mass is 286 g/mol. The minimum absolute atomic E-state index is 0.00281. The van der Waals surface area contributed by atoms with Crippen molar-refractivity contribution in [3.8, 4) is 0 Å². The maximum atomic E-state index is 11.6. The first-order valence-electron chi connectivity index (χ1n) is 6.44. The van der Waals surface area contributed by atoms with E-state index in [-0.39, 0.29) is 23.1 Å². The molecule has 21 heavy (non-hydrogen) atoms. The summed E-state index contributed by atoms with van der Waals surface area (Å²) in [6.45, 7) is 10.8. The third-order valence-electron chi connectivity index (χ3n) is 3.14. The van der Waals surface area contributed by atoms with Crippen LogP contribution in [-0.4, -0.2) is 22.2 Å². The van der Waals surface area contributed by atoms with Gasteiger partial charge >= 0.3 is 11.9 Å². The summed E-state index contributed by atoms with van der Waals surface area (Å²) in [5.74, 6) is -2.29. The zero-order valence-corrected chi connectivity index (χ0v) is 11.8. The van der Waals surface area contributed by atoms with Crippen molar-refractivity contribution < 1.29 is 19.8 Å². The second-order valence-corrected chi connectivity index (χ2v) is 4.50. The highest BCUT2D eigenvalue weighted by Gasteiger charge is 2.23. The lowest BCUT2D eigenvalue weighted by Gasteiger charge is -2.17. The lowest BCUT2D eigenvalue weighted by Crippen LogP contribution is -2.15. The highest BCUT2D eigenvalue weighted by molar-refractivity contribution is 5.98. The molecule has 0 fully saturated rings. The van der Waals surface area contributed by atoms with Gasteiger partial charge in [0.15, 0.2) is 0 Å². The van der Waals surface area contributed by atoms with Gasteiger partial charge in [0.05, 0.1) is 11.1 Å². The van der Waals surface area contributed by atoms with Crippen LogP contribution in [-0.2, 0) is 19.3 Å². The second-order valence-electron chi connectivity index (χ2n) is 4.50. The average molecular weight is 286 g/mol. The van der Waals surface area contributed by atoms with Gasteiger partial charge in [-0.25, -0.2) is 9.59 Å². The minimum atomic E-state index is -1.15. The summed E-state index contributed by atoms with van der Waals surface area (Å²) in [5.41, 5.74) is 1.53. The maximum Gasteiger partial charge on any atom is 0.336 e. The summed E-state index contributed by atoms with van der Waals surface area (Å²) in [7, 11) is 0. The van der Waals surface area contributed by atoms with Crippen LogP contribution in [0.1, 0.15) is 37.4 Å². The molecule has 0 bridgehead atoms. The van der Waals surface area contributed by atoms with E-state index in [0.717, 1.165) is 0 Å². The van der Waals surface area contributed by atoms with Crippen LogP contribution in [0.25, 0.3) is 0 Å². The van der Waals surface area contributed by atoms with E-state index in [1.807, 2.05) is 0 Å². The average Bonchev–Trinajstić information content (AvgIpc) is 2.41. The Morgan fingerprint density at radius 2 is 1.43 bits per heavy atom. The number of carbonyl (C=O) groups is 2. The van der Waals surface area contributed by atoms with Gasteiger partial charge in [-0.3, -0.25) is 0 Å². The fraction of sp³-hybridized carbons (Fsp3) is 0.176. The molecule has 4 heteroatoms. The predicted octanol–water partition coefficient (Wildman–Crippen LogP) is 3.27. The van der Waals surface area contributed by atoms with Crippen molar-refractivity contribution in [2.24, 2.45) is 0 Å². The van der Waals surface area contributed by atoms with E-state index in [9.17, 15) is 19.8 Å². The van der Waals surface area contributed by atoms with Gasteiger partial charge in [0.25, 0.3) is 0 Å². The van der Waals surface area contributed by atoms with E-state index in [0.29, 0.717) is 24.0 Å². The fourth-order valence-corrected chi connectivity index (χ4v) is 2.35. The molecule has 1 aromatic rings. The third-order valence-corrected chi connectivity index (χ3v) is 3.14. The standard InChI is InChI=1S/C17H18O4/c1-4-7-11-10-14(16(18)19)13(9-6-3)15(17(20)21)12(11)8-5-2/h4-6,10H,1-3,7-9H2,(H,18,19)(H,20,21). The molecular weight excluding hydrogens is 268 g/mol. The topological polar surface area (TPSA) is 74.6 Å². The molecule has 4 nitrogen and oxygen atoms in total. The molecule has 0 aliphatic rings. The van der Waals surface area contributed by atoms with Crippen LogP contribution in [0.4, 0.5) is 0 Å². The summed E-state index contributed by atoms with van der Waals surface area (Å²) in [4.78, 5) is 23.1. The molecule has 0 radical (unpaired) electrons. The number of carboxylic acids is 2. The van der Waals surface area contributed by atoms with Crippen LogP contribution in [0.2, 0.25) is 0 Å². The van der Waals surface area contributed by atoms with E-state index in [1.165, 1.54) is 12.1 Å². The summed E-state index contributed by atoms with van der Waals surface area (Å²) in [6, 6.07) is 1.52. The van der Waals surface area contributed by atoms with Gasteiger partial charge in [-0.05, 0) is 42.0 Å². The summed E-state index contributed by atoms with van der Waals surface area (Å²) in [6.07, 6.45) is 5.66. The molecule has 0 heterocycles. The van der Waals surface area contributed by atoms with Crippen molar-refractivity contribution in [3.63, 3.8) is 0 Å². The van der Waals surface area contributed by atoms with Gasteiger partial charge in [0.1, 0.15) is 0 Å². The summed E-state index contributed by atoms with van der Waals surface area (Å²) in [5, 5.41) is 18.9. The molecule has 0 aliphatic heterocycles. The van der Waals surface area contributed by atoms with Gasteiger partial charge in [-0.15, -0.1) is 19.7 Å². The SMILES string of the molecule is C=CCc1cc(C(=O)O)c(CC=C)c(C(=O)O)c1CC=C. The van der Waals surface area contributed by atoms with E-state index < -0.39 is 11.9 Å². The number of hydrogen-bond donors (Lipinski definition) is 2. The molecule has 0 unspecified atom stereocenters.